The second kappa shape index (κ2) is 9.02. The van der Waals surface area contributed by atoms with Crippen LogP contribution in [-0.2, 0) is 11.3 Å². The van der Waals surface area contributed by atoms with Crippen LogP contribution in [0.2, 0.25) is 0 Å². The number of hydrogen-bond acceptors (Lipinski definition) is 4. The Hall–Kier alpha value is -4.53. The molecule has 0 saturated heterocycles. The first-order valence-corrected chi connectivity index (χ1v) is 11.2. The van der Waals surface area contributed by atoms with E-state index in [1.54, 1.807) is 35.3 Å². The fourth-order valence-electron chi connectivity index (χ4n) is 4.39. The first-order chi connectivity index (χ1) is 16.9. The lowest BCUT2D eigenvalue weighted by Crippen LogP contribution is -2.28. The van der Waals surface area contributed by atoms with Crippen LogP contribution >= 0.6 is 0 Å². The molecule has 3 N–H and O–H groups in total. The average molecular weight is 471 g/mol. The lowest BCUT2D eigenvalue weighted by atomic mass is 9.94. The number of rotatable bonds is 6. The van der Waals surface area contributed by atoms with Crippen molar-refractivity contribution in [1.29, 1.82) is 0 Å². The van der Waals surface area contributed by atoms with E-state index >= 15 is 0 Å². The summed E-state index contributed by atoms with van der Waals surface area (Å²) in [5.74, 6) is -0.764. The smallest absolute Gasteiger partial charge is 0.256 e. The van der Waals surface area contributed by atoms with Crippen LogP contribution in [0.5, 0.6) is 0 Å². The topological polar surface area (TPSA) is 105 Å². The Labute approximate surface area is 200 Å². The number of H-pyrrole nitrogens is 1. The van der Waals surface area contributed by atoms with Gasteiger partial charge in [-0.15, -0.1) is 5.10 Å². The average Bonchev–Trinajstić information content (AvgIpc) is 3.53. The van der Waals surface area contributed by atoms with Gasteiger partial charge in [0.2, 0.25) is 0 Å². The number of carbonyl (C=O) groups excluding carboxylic acids is 2. The zero-order valence-corrected chi connectivity index (χ0v) is 19.2. The number of fused-ring (bicyclic) bond motifs is 1. The van der Waals surface area contributed by atoms with Gasteiger partial charge in [-0.05, 0) is 54.8 Å². The molecule has 176 valence electrons. The second-order valence-corrected chi connectivity index (χ2v) is 8.33. The van der Waals surface area contributed by atoms with E-state index in [1.807, 2.05) is 32.0 Å². The monoisotopic (exact) mass is 470 g/mol. The fraction of sp³-hybridized carbons (Fsp3) is 0.154. The Morgan fingerprint density at radius 3 is 2.71 bits per heavy atom. The third kappa shape index (κ3) is 4.23. The summed E-state index contributed by atoms with van der Waals surface area (Å²) in [7, 11) is 0. The zero-order valence-electron chi connectivity index (χ0n) is 19.2. The highest BCUT2D eigenvalue weighted by Crippen LogP contribution is 2.40. The summed E-state index contributed by atoms with van der Waals surface area (Å²) in [6, 6.07) is 11.8. The van der Waals surface area contributed by atoms with E-state index < -0.39 is 0 Å². The number of carbonyl (C=O) groups is 2. The minimum atomic E-state index is -0.323. The number of aromatic amines is 1. The molecule has 0 fully saturated rings. The van der Waals surface area contributed by atoms with Crippen molar-refractivity contribution < 1.29 is 14.0 Å². The van der Waals surface area contributed by atoms with Gasteiger partial charge in [0.25, 0.3) is 11.8 Å². The molecule has 5 rings (SSSR count). The number of halogens is 1. The molecule has 1 aliphatic heterocycles. The SMILES string of the molecule is Cc1[nH]c(/C=C2\C(=O)Nc3cccc(-c4ccc(F)cc4)c32)c(C)c1C(=O)NCCn1ccnn1. The van der Waals surface area contributed by atoms with Gasteiger partial charge in [-0.3, -0.25) is 14.3 Å². The molecule has 2 amide bonds. The van der Waals surface area contributed by atoms with E-state index in [4.69, 9.17) is 0 Å². The molecule has 0 aliphatic carbocycles. The number of nitrogens with zero attached hydrogens (tertiary/aromatic N) is 3. The summed E-state index contributed by atoms with van der Waals surface area (Å²) in [6.07, 6.45) is 5.08. The van der Waals surface area contributed by atoms with Crippen molar-refractivity contribution in [3.8, 4) is 11.1 Å². The summed E-state index contributed by atoms with van der Waals surface area (Å²) in [5.41, 5.74) is 6.20. The van der Waals surface area contributed by atoms with E-state index in [0.29, 0.717) is 41.3 Å². The Morgan fingerprint density at radius 1 is 1.17 bits per heavy atom. The Bertz CT molecular complexity index is 1450. The third-order valence-electron chi connectivity index (χ3n) is 6.07. The molecule has 4 aromatic rings. The largest absolute Gasteiger partial charge is 0.358 e. The number of hydrogen-bond donors (Lipinski definition) is 3. The van der Waals surface area contributed by atoms with Gasteiger partial charge in [-0.25, -0.2) is 4.39 Å². The summed E-state index contributed by atoms with van der Waals surface area (Å²) in [6.45, 7) is 4.59. The first-order valence-electron chi connectivity index (χ1n) is 11.2. The minimum Gasteiger partial charge on any atom is -0.358 e. The molecule has 0 radical (unpaired) electrons. The molecule has 0 bridgehead atoms. The Balaban J connectivity index is 1.47. The van der Waals surface area contributed by atoms with Crippen LogP contribution < -0.4 is 10.6 Å². The van der Waals surface area contributed by atoms with E-state index in [2.05, 4.69) is 25.9 Å². The molecule has 0 atom stereocenters. The van der Waals surface area contributed by atoms with Crippen LogP contribution in [0.15, 0.2) is 54.9 Å². The molecule has 35 heavy (non-hydrogen) atoms. The van der Waals surface area contributed by atoms with Gasteiger partial charge in [-0.1, -0.05) is 29.5 Å². The molecule has 0 spiro atoms. The van der Waals surface area contributed by atoms with Gasteiger partial charge in [-0.2, -0.15) is 0 Å². The van der Waals surface area contributed by atoms with Gasteiger partial charge >= 0.3 is 0 Å². The van der Waals surface area contributed by atoms with Crippen molar-refractivity contribution in [2.45, 2.75) is 20.4 Å². The van der Waals surface area contributed by atoms with Crippen LogP contribution in [0.25, 0.3) is 22.8 Å². The molecule has 8 nitrogen and oxygen atoms in total. The number of anilines is 1. The Kier molecular flexibility index (Phi) is 5.74. The predicted molar refractivity (Wildman–Crippen MR) is 131 cm³/mol. The van der Waals surface area contributed by atoms with Crippen LogP contribution in [0.4, 0.5) is 10.1 Å². The van der Waals surface area contributed by atoms with Crippen molar-refractivity contribution >= 4 is 29.2 Å². The number of aromatic nitrogens is 4. The number of benzene rings is 2. The molecule has 0 saturated carbocycles. The van der Waals surface area contributed by atoms with Gasteiger partial charge in [0.05, 0.1) is 23.9 Å². The van der Waals surface area contributed by atoms with E-state index in [0.717, 1.165) is 22.3 Å². The third-order valence-corrected chi connectivity index (χ3v) is 6.07. The fourth-order valence-corrected chi connectivity index (χ4v) is 4.39. The molecule has 2 aromatic heterocycles. The highest BCUT2D eigenvalue weighted by Gasteiger charge is 2.28. The van der Waals surface area contributed by atoms with Gasteiger partial charge in [0, 0.05) is 35.4 Å². The van der Waals surface area contributed by atoms with Crippen molar-refractivity contribution in [3.63, 3.8) is 0 Å². The first kappa shape index (κ1) is 22.3. The molecule has 0 unspecified atom stereocenters. The maximum Gasteiger partial charge on any atom is 0.256 e. The summed E-state index contributed by atoms with van der Waals surface area (Å²) in [5, 5.41) is 13.4. The lowest BCUT2D eigenvalue weighted by Gasteiger charge is -2.09. The molecule has 2 aromatic carbocycles. The molecular formula is C26H23FN6O2. The molecule has 9 heteroatoms. The highest BCUT2D eigenvalue weighted by molar-refractivity contribution is 6.36. The summed E-state index contributed by atoms with van der Waals surface area (Å²) >= 11 is 0. The van der Waals surface area contributed by atoms with Crippen LogP contribution in [0.3, 0.4) is 0 Å². The number of nitrogens with one attached hydrogen (secondary N) is 3. The normalized spacial score (nSPS) is 13.7. The van der Waals surface area contributed by atoms with Crippen LogP contribution in [-0.4, -0.2) is 38.3 Å². The lowest BCUT2D eigenvalue weighted by molar-refractivity contribution is -0.110. The van der Waals surface area contributed by atoms with Crippen LogP contribution in [0.1, 0.15) is 32.9 Å². The molecular weight excluding hydrogens is 447 g/mol. The van der Waals surface area contributed by atoms with E-state index in [1.165, 1.54) is 12.1 Å². The number of aryl methyl sites for hydroxylation is 1. The van der Waals surface area contributed by atoms with Gasteiger partial charge < -0.3 is 15.6 Å². The minimum absolute atomic E-state index is 0.204. The van der Waals surface area contributed by atoms with E-state index in [9.17, 15) is 14.0 Å². The molecule has 1 aliphatic rings. The standard InChI is InChI=1S/C26H23FN6O2/c1-15-22(30-16(2)23(15)26(35)28-10-12-33-13-11-29-32-33)14-20-24-19(17-6-8-18(27)9-7-17)4-3-5-21(24)31-25(20)34/h3-9,11,13-14,30H,10,12H2,1-2H3,(H,28,35)(H,31,34)/b20-14-. The predicted octanol–water partition coefficient (Wildman–Crippen LogP) is 3.95. The van der Waals surface area contributed by atoms with Gasteiger partial charge in [0.15, 0.2) is 0 Å². The molecule has 3 heterocycles. The zero-order chi connectivity index (χ0) is 24.5. The maximum atomic E-state index is 13.5. The second-order valence-electron chi connectivity index (χ2n) is 8.33. The highest BCUT2D eigenvalue weighted by atomic mass is 19.1. The number of amides is 2. The van der Waals surface area contributed by atoms with Crippen molar-refractivity contribution in [1.82, 2.24) is 25.3 Å². The maximum absolute atomic E-state index is 13.5. The van der Waals surface area contributed by atoms with Crippen molar-refractivity contribution in [2.24, 2.45) is 0 Å². The van der Waals surface area contributed by atoms with Crippen LogP contribution in [0, 0.1) is 19.7 Å². The van der Waals surface area contributed by atoms with E-state index in [-0.39, 0.29) is 17.6 Å². The van der Waals surface area contributed by atoms with Crippen molar-refractivity contribution in [2.75, 3.05) is 11.9 Å². The summed E-state index contributed by atoms with van der Waals surface area (Å²) in [4.78, 5) is 29.1. The summed E-state index contributed by atoms with van der Waals surface area (Å²) < 4.78 is 15.1. The van der Waals surface area contributed by atoms with Crippen molar-refractivity contribution in [3.05, 3.63) is 88.8 Å². The van der Waals surface area contributed by atoms with Gasteiger partial charge in [0.1, 0.15) is 5.82 Å². The quantitative estimate of drug-likeness (QED) is 0.371. The Morgan fingerprint density at radius 2 is 1.97 bits per heavy atom.